The summed E-state index contributed by atoms with van der Waals surface area (Å²) in [5.41, 5.74) is -0.282. The maximum Gasteiger partial charge on any atom is 0.264 e. The van der Waals surface area contributed by atoms with Gasteiger partial charge >= 0.3 is 0 Å². The van der Waals surface area contributed by atoms with Crippen molar-refractivity contribution >= 4 is 39.1 Å². The zero-order valence-corrected chi connectivity index (χ0v) is 18.7. The minimum Gasteiger partial charge on any atom is -0.492 e. The number of nitrogens with one attached hydrogen (secondary N) is 2. The van der Waals surface area contributed by atoms with Gasteiger partial charge in [0.1, 0.15) is 5.75 Å². The summed E-state index contributed by atoms with van der Waals surface area (Å²) in [6.07, 6.45) is 2.19. The van der Waals surface area contributed by atoms with E-state index in [1.54, 1.807) is 44.2 Å². The van der Waals surface area contributed by atoms with Gasteiger partial charge in [-0.15, -0.1) is 6.58 Å². The zero-order chi connectivity index (χ0) is 22.8. The van der Waals surface area contributed by atoms with Crippen LogP contribution < -0.4 is 14.8 Å². The van der Waals surface area contributed by atoms with E-state index in [-0.39, 0.29) is 16.5 Å². The Morgan fingerprint density at radius 1 is 1.26 bits per heavy atom. The Labute approximate surface area is 186 Å². The van der Waals surface area contributed by atoms with E-state index in [0.29, 0.717) is 29.4 Å². The van der Waals surface area contributed by atoms with E-state index in [1.165, 1.54) is 18.2 Å². The van der Waals surface area contributed by atoms with Crippen molar-refractivity contribution in [2.24, 2.45) is 11.3 Å². The highest BCUT2D eigenvalue weighted by Crippen LogP contribution is 2.53. The molecule has 2 N–H and O–H groups in total. The maximum absolute atomic E-state index is 12.8. The van der Waals surface area contributed by atoms with Crippen LogP contribution in [0.25, 0.3) is 0 Å². The van der Waals surface area contributed by atoms with E-state index < -0.39 is 27.3 Å². The quantitative estimate of drug-likeness (QED) is 0.577. The third-order valence-electron chi connectivity index (χ3n) is 5.25. The fraction of sp³-hybridized carbons (Fsp3) is 0.273. The number of carbonyl (C=O) groups excluding carboxylic acids is 2. The van der Waals surface area contributed by atoms with Crippen LogP contribution in [0, 0.1) is 11.3 Å². The Morgan fingerprint density at radius 2 is 1.94 bits per heavy atom. The summed E-state index contributed by atoms with van der Waals surface area (Å²) >= 11 is 5.85. The van der Waals surface area contributed by atoms with Crippen molar-refractivity contribution in [1.29, 1.82) is 0 Å². The summed E-state index contributed by atoms with van der Waals surface area (Å²) < 4.78 is 33.2. The molecule has 31 heavy (non-hydrogen) atoms. The average molecular weight is 463 g/mol. The number of ether oxygens (including phenoxy) is 1. The minimum absolute atomic E-state index is 0.0581. The number of carbonyl (C=O) groups is 2. The van der Waals surface area contributed by atoms with Crippen LogP contribution in [0.4, 0.5) is 5.69 Å². The van der Waals surface area contributed by atoms with Crippen LogP contribution in [-0.4, -0.2) is 26.8 Å². The molecular weight excluding hydrogens is 440 g/mol. The first-order chi connectivity index (χ1) is 14.6. The molecule has 2 amide bonds. The number of halogens is 1. The van der Waals surface area contributed by atoms with E-state index in [9.17, 15) is 18.0 Å². The predicted molar refractivity (Wildman–Crippen MR) is 119 cm³/mol. The molecule has 0 aromatic heterocycles. The molecule has 0 spiro atoms. The van der Waals surface area contributed by atoms with Gasteiger partial charge in [-0.3, -0.25) is 9.59 Å². The number of anilines is 1. The topological polar surface area (TPSA) is 102 Å². The normalized spacial score (nSPS) is 19.9. The second-order valence-corrected chi connectivity index (χ2v) is 9.57. The third kappa shape index (κ3) is 4.91. The highest BCUT2D eigenvalue weighted by Gasteiger charge is 2.55. The second-order valence-electron chi connectivity index (χ2n) is 7.45. The molecule has 9 heteroatoms. The molecule has 3 rings (SSSR count). The SMILES string of the molecule is C=C[C@@H]1C[C@]1(C)C(=O)NS(=O)(=O)c1ccc(OCC)c(NC(=O)c2ccc(Cl)cc2)c1. The van der Waals surface area contributed by atoms with Gasteiger partial charge in [0.15, 0.2) is 0 Å². The second kappa shape index (κ2) is 8.72. The Hall–Kier alpha value is -2.84. The van der Waals surface area contributed by atoms with Crippen LogP contribution in [0.1, 0.15) is 30.6 Å². The number of hydrogen-bond donors (Lipinski definition) is 2. The van der Waals surface area contributed by atoms with Gasteiger partial charge in [0, 0.05) is 10.6 Å². The summed E-state index contributed by atoms with van der Waals surface area (Å²) in [6, 6.07) is 10.3. The molecule has 0 aliphatic heterocycles. The highest BCUT2D eigenvalue weighted by atomic mass is 35.5. The van der Waals surface area contributed by atoms with E-state index in [1.807, 2.05) is 0 Å². The molecule has 2 atom stereocenters. The van der Waals surface area contributed by atoms with Crippen LogP contribution in [0.3, 0.4) is 0 Å². The zero-order valence-electron chi connectivity index (χ0n) is 17.1. The lowest BCUT2D eigenvalue weighted by Crippen LogP contribution is -2.36. The monoisotopic (exact) mass is 462 g/mol. The molecule has 1 aliphatic rings. The molecule has 0 heterocycles. The Kier molecular flexibility index (Phi) is 6.43. The molecule has 0 radical (unpaired) electrons. The van der Waals surface area contributed by atoms with Crippen molar-refractivity contribution < 1.29 is 22.7 Å². The van der Waals surface area contributed by atoms with Gasteiger partial charge in [-0.05, 0) is 61.7 Å². The van der Waals surface area contributed by atoms with E-state index >= 15 is 0 Å². The Morgan fingerprint density at radius 3 is 2.52 bits per heavy atom. The number of benzene rings is 2. The molecular formula is C22H23ClN2O5S. The van der Waals surface area contributed by atoms with Crippen molar-refractivity contribution in [2.75, 3.05) is 11.9 Å². The Balaban J connectivity index is 1.86. The predicted octanol–water partition coefficient (Wildman–Crippen LogP) is 4.01. The molecule has 0 saturated heterocycles. The van der Waals surface area contributed by atoms with E-state index in [2.05, 4.69) is 16.6 Å². The standard InChI is InChI=1S/C22H23ClN2O5S/c1-4-15-13-22(15,3)21(27)25-31(28,29)17-10-11-19(30-5-2)18(12-17)24-20(26)14-6-8-16(23)9-7-14/h4,6-12,15H,1,5,13H2,2-3H3,(H,24,26)(H,25,27)/t15-,22+/m1/s1. The lowest BCUT2D eigenvalue weighted by atomic mass is 10.1. The van der Waals surface area contributed by atoms with Crippen molar-refractivity contribution in [2.45, 2.75) is 25.2 Å². The maximum atomic E-state index is 12.8. The lowest BCUT2D eigenvalue weighted by molar-refractivity contribution is -0.124. The molecule has 7 nitrogen and oxygen atoms in total. The van der Waals surface area contributed by atoms with Crippen LogP contribution in [0.5, 0.6) is 5.75 Å². The van der Waals surface area contributed by atoms with Crippen molar-refractivity contribution in [3.8, 4) is 5.75 Å². The summed E-state index contributed by atoms with van der Waals surface area (Å²) in [5.74, 6) is -0.804. The lowest BCUT2D eigenvalue weighted by Gasteiger charge is -2.15. The van der Waals surface area contributed by atoms with E-state index in [4.69, 9.17) is 16.3 Å². The number of hydrogen-bond acceptors (Lipinski definition) is 5. The van der Waals surface area contributed by atoms with Gasteiger partial charge in [-0.25, -0.2) is 13.1 Å². The summed E-state index contributed by atoms with van der Waals surface area (Å²) in [5, 5.41) is 3.14. The average Bonchev–Trinajstić information content (AvgIpc) is 3.41. The third-order valence-corrected chi connectivity index (χ3v) is 6.83. The molecule has 0 bridgehead atoms. The van der Waals surface area contributed by atoms with Gasteiger partial charge in [0.25, 0.3) is 15.9 Å². The molecule has 2 aromatic carbocycles. The van der Waals surface area contributed by atoms with Crippen LogP contribution in [0.2, 0.25) is 5.02 Å². The number of allylic oxidation sites excluding steroid dienone is 1. The first-order valence-electron chi connectivity index (χ1n) is 9.64. The molecule has 1 saturated carbocycles. The molecule has 0 unspecified atom stereocenters. The van der Waals surface area contributed by atoms with Gasteiger partial charge < -0.3 is 10.1 Å². The first kappa shape index (κ1) is 22.8. The fourth-order valence-electron chi connectivity index (χ4n) is 3.15. The summed E-state index contributed by atoms with van der Waals surface area (Å²) in [7, 11) is -4.15. The molecule has 1 fully saturated rings. The van der Waals surface area contributed by atoms with Crippen LogP contribution in [-0.2, 0) is 14.8 Å². The van der Waals surface area contributed by atoms with Crippen LogP contribution in [0.15, 0.2) is 60.0 Å². The Bertz CT molecular complexity index is 1130. The molecule has 164 valence electrons. The molecule has 2 aromatic rings. The van der Waals surface area contributed by atoms with Crippen molar-refractivity contribution in [1.82, 2.24) is 4.72 Å². The van der Waals surface area contributed by atoms with Gasteiger partial charge in [0.05, 0.1) is 22.6 Å². The first-order valence-corrected chi connectivity index (χ1v) is 11.5. The largest absolute Gasteiger partial charge is 0.492 e. The summed E-state index contributed by atoms with van der Waals surface area (Å²) in [6.45, 7) is 7.43. The number of rotatable bonds is 8. The number of sulfonamides is 1. The van der Waals surface area contributed by atoms with Gasteiger partial charge in [0.2, 0.25) is 5.91 Å². The minimum atomic E-state index is -4.15. The van der Waals surface area contributed by atoms with Gasteiger partial charge in [-0.2, -0.15) is 0 Å². The smallest absolute Gasteiger partial charge is 0.264 e. The fourth-order valence-corrected chi connectivity index (χ4v) is 4.39. The van der Waals surface area contributed by atoms with Crippen molar-refractivity contribution in [3.05, 3.63) is 65.7 Å². The van der Waals surface area contributed by atoms with Crippen LogP contribution >= 0.6 is 11.6 Å². The van der Waals surface area contributed by atoms with Crippen molar-refractivity contribution in [3.63, 3.8) is 0 Å². The number of amides is 2. The highest BCUT2D eigenvalue weighted by molar-refractivity contribution is 7.90. The van der Waals surface area contributed by atoms with Gasteiger partial charge in [-0.1, -0.05) is 24.6 Å². The molecule has 1 aliphatic carbocycles. The van der Waals surface area contributed by atoms with E-state index in [0.717, 1.165) is 0 Å². The summed E-state index contributed by atoms with van der Waals surface area (Å²) in [4.78, 5) is 24.9.